The highest BCUT2D eigenvalue weighted by molar-refractivity contribution is 6.04. The van der Waals surface area contributed by atoms with Gasteiger partial charge in [0.2, 0.25) is 0 Å². The van der Waals surface area contributed by atoms with Gasteiger partial charge in [0.1, 0.15) is 5.76 Å². The van der Waals surface area contributed by atoms with Crippen LogP contribution in [0.15, 0.2) is 22.6 Å². The standard InChI is InChI=1S/C14H14O5/c1-17-11-3-2-9(14(15)16)10-6-12(19-13(10)11)8-4-5-18-7-8/h2-3,6,8H,4-5,7H2,1H3,(H,15,16). The van der Waals surface area contributed by atoms with Gasteiger partial charge < -0.3 is 19.0 Å². The van der Waals surface area contributed by atoms with Gasteiger partial charge in [0.15, 0.2) is 11.3 Å². The zero-order chi connectivity index (χ0) is 13.4. The van der Waals surface area contributed by atoms with E-state index < -0.39 is 5.97 Å². The summed E-state index contributed by atoms with van der Waals surface area (Å²) in [5.74, 6) is 0.533. The minimum atomic E-state index is -0.970. The van der Waals surface area contributed by atoms with Crippen molar-refractivity contribution in [3.8, 4) is 5.75 Å². The Bertz CT molecular complexity index is 622. The van der Waals surface area contributed by atoms with E-state index in [-0.39, 0.29) is 11.5 Å². The van der Waals surface area contributed by atoms with Gasteiger partial charge >= 0.3 is 5.97 Å². The number of fused-ring (bicyclic) bond motifs is 1. The van der Waals surface area contributed by atoms with Crippen LogP contribution in [-0.4, -0.2) is 31.4 Å². The van der Waals surface area contributed by atoms with Crippen LogP contribution in [0.1, 0.15) is 28.5 Å². The Morgan fingerprint density at radius 2 is 2.32 bits per heavy atom. The van der Waals surface area contributed by atoms with Crippen LogP contribution in [0.25, 0.3) is 11.0 Å². The molecule has 1 fully saturated rings. The van der Waals surface area contributed by atoms with Crippen LogP contribution in [0.4, 0.5) is 0 Å². The number of carboxylic acids is 1. The Morgan fingerprint density at radius 3 is 2.95 bits per heavy atom. The zero-order valence-electron chi connectivity index (χ0n) is 10.5. The first kappa shape index (κ1) is 12.0. The molecule has 0 bridgehead atoms. The molecule has 1 aliphatic heterocycles. The molecule has 0 amide bonds. The SMILES string of the molecule is COc1ccc(C(=O)O)c2cc(C3CCOC3)oc12. The Kier molecular flexibility index (Phi) is 2.91. The second-order valence-corrected chi connectivity index (χ2v) is 4.57. The van der Waals surface area contributed by atoms with Gasteiger partial charge in [-0.05, 0) is 24.6 Å². The summed E-state index contributed by atoms with van der Waals surface area (Å²) in [4.78, 5) is 11.2. The number of ether oxygens (including phenoxy) is 2. The molecule has 0 radical (unpaired) electrons. The first-order chi connectivity index (χ1) is 9.20. The van der Waals surface area contributed by atoms with E-state index in [1.807, 2.05) is 0 Å². The van der Waals surface area contributed by atoms with Crippen molar-refractivity contribution in [2.24, 2.45) is 0 Å². The van der Waals surface area contributed by atoms with Gasteiger partial charge in [-0.1, -0.05) is 0 Å². The monoisotopic (exact) mass is 262 g/mol. The third-order valence-electron chi connectivity index (χ3n) is 3.45. The maximum atomic E-state index is 11.2. The summed E-state index contributed by atoms with van der Waals surface area (Å²) in [7, 11) is 1.54. The maximum Gasteiger partial charge on any atom is 0.336 e. The van der Waals surface area contributed by atoms with Crippen LogP contribution in [0, 0.1) is 0 Å². The van der Waals surface area contributed by atoms with E-state index >= 15 is 0 Å². The number of methoxy groups -OCH3 is 1. The molecular formula is C14H14O5. The molecular weight excluding hydrogens is 248 g/mol. The Morgan fingerprint density at radius 1 is 1.47 bits per heavy atom. The molecule has 19 heavy (non-hydrogen) atoms. The molecule has 1 atom stereocenters. The summed E-state index contributed by atoms with van der Waals surface area (Å²) >= 11 is 0. The van der Waals surface area contributed by atoms with Gasteiger partial charge in [0.05, 0.1) is 19.3 Å². The molecule has 0 aliphatic carbocycles. The maximum absolute atomic E-state index is 11.2. The van der Waals surface area contributed by atoms with Crippen molar-refractivity contribution in [2.75, 3.05) is 20.3 Å². The number of carbonyl (C=O) groups is 1. The number of hydrogen-bond acceptors (Lipinski definition) is 4. The first-order valence-electron chi connectivity index (χ1n) is 6.12. The molecule has 0 saturated carbocycles. The number of hydrogen-bond donors (Lipinski definition) is 1. The first-order valence-corrected chi connectivity index (χ1v) is 6.12. The van der Waals surface area contributed by atoms with Crippen LogP contribution in [0.2, 0.25) is 0 Å². The summed E-state index contributed by atoms with van der Waals surface area (Å²) in [5.41, 5.74) is 0.717. The van der Waals surface area contributed by atoms with Crippen LogP contribution >= 0.6 is 0 Å². The van der Waals surface area contributed by atoms with Crippen molar-refractivity contribution in [2.45, 2.75) is 12.3 Å². The van der Waals surface area contributed by atoms with Crippen LogP contribution in [-0.2, 0) is 4.74 Å². The van der Waals surface area contributed by atoms with Crippen molar-refractivity contribution in [1.82, 2.24) is 0 Å². The topological polar surface area (TPSA) is 68.9 Å². The number of rotatable bonds is 3. The van der Waals surface area contributed by atoms with Gasteiger partial charge in [0, 0.05) is 17.9 Å². The second kappa shape index (κ2) is 4.59. The van der Waals surface area contributed by atoms with Crippen LogP contribution in [0.5, 0.6) is 5.75 Å². The van der Waals surface area contributed by atoms with E-state index in [2.05, 4.69) is 0 Å². The number of furan rings is 1. The van der Waals surface area contributed by atoms with Gasteiger partial charge in [-0.15, -0.1) is 0 Å². The minimum absolute atomic E-state index is 0.193. The van der Waals surface area contributed by atoms with Crippen LogP contribution < -0.4 is 4.74 Å². The van der Waals surface area contributed by atoms with E-state index in [9.17, 15) is 9.90 Å². The molecule has 1 aromatic heterocycles. The largest absolute Gasteiger partial charge is 0.493 e. The lowest BCUT2D eigenvalue weighted by Crippen LogP contribution is -1.97. The van der Waals surface area contributed by atoms with Crippen molar-refractivity contribution in [3.05, 3.63) is 29.5 Å². The van der Waals surface area contributed by atoms with Crippen molar-refractivity contribution < 1.29 is 23.8 Å². The minimum Gasteiger partial charge on any atom is -0.493 e. The smallest absolute Gasteiger partial charge is 0.336 e. The number of carboxylic acid groups (broad SMARTS) is 1. The summed E-state index contributed by atoms with van der Waals surface area (Å²) < 4.78 is 16.4. The fourth-order valence-electron chi connectivity index (χ4n) is 2.43. The third-order valence-corrected chi connectivity index (χ3v) is 3.45. The Balaban J connectivity index is 2.17. The fraction of sp³-hybridized carbons (Fsp3) is 0.357. The lowest BCUT2D eigenvalue weighted by molar-refractivity contribution is 0.0699. The molecule has 1 aliphatic rings. The number of aromatic carboxylic acids is 1. The highest BCUT2D eigenvalue weighted by Gasteiger charge is 2.24. The lowest BCUT2D eigenvalue weighted by Gasteiger charge is -2.03. The average Bonchev–Trinajstić information content (AvgIpc) is 3.05. The van der Waals surface area contributed by atoms with E-state index in [0.29, 0.717) is 29.9 Å². The molecule has 0 spiro atoms. The third kappa shape index (κ3) is 1.96. The van der Waals surface area contributed by atoms with Crippen molar-refractivity contribution in [3.63, 3.8) is 0 Å². The molecule has 5 nitrogen and oxygen atoms in total. The zero-order valence-corrected chi connectivity index (χ0v) is 10.5. The second-order valence-electron chi connectivity index (χ2n) is 4.57. The van der Waals surface area contributed by atoms with E-state index in [4.69, 9.17) is 13.9 Å². The van der Waals surface area contributed by atoms with Gasteiger partial charge in [-0.3, -0.25) is 0 Å². The molecule has 100 valence electrons. The summed E-state index contributed by atoms with van der Waals surface area (Å²) in [5, 5.41) is 9.79. The molecule has 2 heterocycles. The molecule has 5 heteroatoms. The van der Waals surface area contributed by atoms with Gasteiger partial charge in [0.25, 0.3) is 0 Å². The molecule has 1 N–H and O–H groups in total. The summed E-state index contributed by atoms with van der Waals surface area (Å²) in [6.07, 6.45) is 0.893. The summed E-state index contributed by atoms with van der Waals surface area (Å²) in [6.45, 7) is 1.33. The predicted octanol–water partition coefficient (Wildman–Crippen LogP) is 2.64. The fourth-order valence-corrected chi connectivity index (χ4v) is 2.43. The van der Waals surface area contributed by atoms with Crippen molar-refractivity contribution in [1.29, 1.82) is 0 Å². The molecule has 1 saturated heterocycles. The van der Waals surface area contributed by atoms with Crippen LogP contribution in [0.3, 0.4) is 0 Å². The highest BCUT2D eigenvalue weighted by atomic mass is 16.5. The summed E-state index contributed by atoms with van der Waals surface area (Å²) in [6, 6.07) is 4.94. The van der Waals surface area contributed by atoms with Gasteiger partial charge in [-0.25, -0.2) is 4.79 Å². The van der Waals surface area contributed by atoms with Gasteiger partial charge in [-0.2, -0.15) is 0 Å². The predicted molar refractivity (Wildman–Crippen MR) is 67.9 cm³/mol. The lowest BCUT2D eigenvalue weighted by atomic mass is 10.0. The van der Waals surface area contributed by atoms with E-state index in [0.717, 1.165) is 12.2 Å². The molecule has 1 aromatic carbocycles. The van der Waals surface area contributed by atoms with E-state index in [1.165, 1.54) is 13.2 Å². The van der Waals surface area contributed by atoms with Crippen molar-refractivity contribution >= 4 is 16.9 Å². The number of benzene rings is 1. The normalized spacial score (nSPS) is 18.9. The Hall–Kier alpha value is -2.01. The molecule has 3 rings (SSSR count). The Labute approximate surface area is 109 Å². The van der Waals surface area contributed by atoms with E-state index in [1.54, 1.807) is 12.1 Å². The molecule has 1 unspecified atom stereocenters. The average molecular weight is 262 g/mol. The quantitative estimate of drug-likeness (QED) is 0.920. The highest BCUT2D eigenvalue weighted by Crippen LogP contribution is 2.36. The molecule has 2 aromatic rings.